The molecule has 0 rings (SSSR count). The molecule has 3 nitrogen and oxygen atoms in total. The van der Waals surface area contributed by atoms with Crippen LogP contribution in [-0.2, 0) is 24.6 Å². The first kappa shape index (κ1) is 4.78. The number of hydrogen-bond donors (Lipinski definition) is 0. The SMILES string of the molecule is [C-]#[N+]O[N]=[Pt]. The Bertz CT molecular complexity index is 64.5. The van der Waals surface area contributed by atoms with Crippen molar-refractivity contribution in [2.45, 2.75) is 0 Å². The molecule has 0 saturated heterocycles. The van der Waals surface area contributed by atoms with Crippen molar-refractivity contribution in [3.05, 3.63) is 11.6 Å². The summed E-state index contributed by atoms with van der Waals surface area (Å²) in [6.07, 6.45) is 0. The zero-order valence-corrected chi connectivity index (χ0v) is 4.39. The van der Waals surface area contributed by atoms with Crippen LogP contribution in [0.4, 0.5) is 0 Å². The van der Waals surface area contributed by atoms with Gasteiger partial charge in [-0.3, -0.25) is 0 Å². The monoisotopic (exact) mass is 251 g/mol. The third-order valence-corrected chi connectivity index (χ3v) is 0.252. The second-order valence-electron chi connectivity index (χ2n) is 0.231. The third-order valence-electron chi connectivity index (χ3n) is 0.0666. The van der Waals surface area contributed by atoms with Crippen LogP contribution in [-0.4, -0.2) is 0 Å². The number of hydrogen-bond acceptors (Lipinski definition) is 2. The third kappa shape index (κ3) is 3.78. The van der Waals surface area contributed by atoms with Crippen LogP contribution in [0.1, 0.15) is 0 Å². The Kier molecular flexibility index (Phi) is 3.61. The summed E-state index contributed by atoms with van der Waals surface area (Å²) in [5.41, 5.74) is 0. The first-order valence-electron chi connectivity index (χ1n) is 0.730. The van der Waals surface area contributed by atoms with Gasteiger partial charge in [0.05, 0.1) is 0 Å². The molecule has 5 heavy (non-hydrogen) atoms. The summed E-state index contributed by atoms with van der Waals surface area (Å²) < 4.78 is 2.97. The van der Waals surface area contributed by atoms with Crippen molar-refractivity contribution in [1.82, 2.24) is 0 Å². The molecule has 0 N–H and O–H groups in total. The molecule has 0 aliphatic heterocycles. The van der Waals surface area contributed by atoms with Crippen molar-refractivity contribution in [1.29, 1.82) is 0 Å². The van der Waals surface area contributed by atoms with Gasteiger partial charge in [-0.15, -0.1) is 0 Å². The normalized spacial score (nSPS) is 5.00. The summed E-state index contributed by atoms with van der Waals surface area (Å²) in [5.74, 6) is 0. The molecule has 0 aromatic heterocycles. The molecule has 0 heterocycles. The van der Waals surface area contributed by atoms with Gasteiger partial charge in [0.2, 0.25) is 0 Å². The summed E-state index contributed by atoms with van der Waals surface area (Å²) in [6, 6.07) is 0. The summed E-state index contributed by atoms with van der Waals surface area (Å²) in [6.45, 7) is 5.91. The van der Waals surface area contributed by atoms with E-state index in [1.807, 2.05) is 0 Å². The van der Waals surface area contributed by atoms with Crippen LogP contribution in [0.3, 0.4) is 0 Å². The van der Waals surface area contributed by atoms with E-state index in [0.717, 1.165) is 0 Å². The number of nitrogens with zero attached hydrogens (tertiary/aromatic N) is 2. The molecule has 30 valence electrons. The van der Waals surface area contributed by atoms with Crippen LogP contribution in [0.15, 0.2) is 3.66 Å². The van der Waals surface area contributed by atoms with E-state index in [-0.39, 0.29) is 0 Å². The van der Waals surface area contributed by atoms with Gasteiger partial charge < -0.3 is 0 Å². The molecule has 4 heteroatoms. The molecule has 0 bridgehead atoms. The van der Waals surface area contributed by atoms with Crippen molar-refractivity contribution < 1.29 is 24.6 Å². The Hall–Kier alpha value is -0.222. The fourth-order valence-electron chi connectivity index (χ4n) is 0.0129. The van der Waals surface area contributed by atoms with Crippen molar-refractivity contribution >= 4 is 0 Å². The van der Waals surface area contributed by atoms with Gasteiger partial charge in [0.25, 0.3) is 0 Å². The summed E-state index contributed by atoms with van der Waals surface area (Å²) in [7, 11) is 0. The molecule has 0 aliphatic carbocycles. The van der Waals surface area contributed by atoms with Gasteiger partial charge >= 0.3 is 39.8 Å². The predicted molar refractivity (Wildman–Crippen MR) is 10.1 cm³/mol. The van der Waals surface area contributed by atoms with E-state index in [1.165, 1.54) is 0 Å². The van der Waals surface area contributed by atoms with Crippen molar-refractivity contribution in [2.24, 2.45) is 3.66 Å². The molecule has 0 aliphatic rings. The van der Waals surface area contributed by atoms with E-state index in [0.29, 0.717) is 0 Å². The average molecular weight is 251 g/mol. The molecule has 0 unspecified atom stereocenters. The van der Waals surface area contributed by atoms with E-state index >= 15 is 0 Å². The molecule has 0 fully saturated rings. The molecule has 0 amide bonds. The van der Waals surface area contributed by atoms with Crippen LogP contribution < -0.4 is 0 Å². The Balaban J connectivity index is 2.75. The molecular formula is CN2OPt. The van der Waals surface area contributed by atoms with Crippen LogP contribution in [0.2, 0.25) is 0 Å². The van der Waals surface area contributed by atoms with Crippen molar-refractivity contribution in [3.8, 4) is 0 Å². The first-order chi connectivity index (χ1) is 2.41. The molecule has 0 spiro atoms. The maximum absolute atomic E-state index is 5.91. The molecule has 0 saturated carbocycles. The fourth-order valence-corrected chi connectivity index (χ4v) is 0.106. The fraction of sp³-hybridized carbons (Fsp3) is 0. The van der Waals surface area contributed by atoms with Gasteiger partial charge in [0, 0.05) is 0 Å². The molecular weight excluding hydrogens is 251 g/mol. The van der Waals surface area contributed by atoms with E-state index in [9.17, 15) is 0 Å². The van der Waals surface area contributed by atoms with E-state index in [4.69, 9.17) is 6.57 Å². The molecule has 0 radical (unpaired) electrons. The van der Waals surface area contributed by atoms with Crippen LogP contribution >= 0.6 is 0 Å². The van der Waals surface area contributed by atoms with Gasteiger partial charge in [0.15, 0.2) is 0 Å². The van der Waals surface area contributed by atoms with Crippen molar-refractivity contribution in [3.63, 3.8) is 0 Å². The standard InChI is InChI=1S/CN2O.Pt/c1-3-4-2;. The van der Waals surface area contributed by atoms with Gasteiger partial charge in [-0.2, -0.15) is 0 Å². The Morgan fingerprint density at radius 1 is 2.00 bits per heavy atom. The second-order valence-corrected chi connectivity index (χ2v) is 0.646. The second kappa shape index (κ2) is 3.78. The van der Waals surface area contributed by atoms with Crippen molar-refractivity contribution in [2.75, 3.05) is 0 Å². The molecule has 0 atom stereocenters. The van der Waals surface area contributed by atoms with E-state index in [2.05, 4.69) is 13.6 Å². The van der Waals surface area contributed by atoms with Gasteiger partial charge in [0.1, 0.15) is 0 Å². The van der Waals surface area contributed by atoms with E-state index < -0.39 is 0 Å². The van der Waals surface area contributed by atoms with Crippen LogP contribution in [0, 0.1) is 6.57 Å². The van der Waals surface area contributed by atoms with Gasteiger partial charge in [-0.25, -0.2) is 0 Å². The van der Waals surface area contributed by atoms with Crippen LogP contribution in [0.25, 0.3) is 5.01 Å². The Morgan fingerprint density at radius 2 is 2.60 bits per heavy atom. The minimum atomic E-state index is 1.56. The first-order valence-corrected chi connectivity index (χ1v) is 1.75. The summed E-state index contributed by atoms with van der Waals surface area (Å²) in [4.78, 5) is 3.74. The van der Waals surface area contributed by atoms with Gasteiger partial charge in [-0.05, 0) is 0 Å². The Labute approximate surface area is 40.4 Å². The maximum atomic E-state index is 5.91. The Morgan fingerprint density at radius 3 is 2.60 bits per heavy atom. The number of rotatable bonds is 1. The molecule has 0 aromatic carbocycles. The topological polar surface area (TPSA) is 25.9 Å². The predicted octanol–water partition coefficient (Wildman–Crippen LogP) is 0.483. The average Bonchev–Trinajstić information content (AvgIpc) is 1.41. The quantitative estimate of drug-likeness (QED) is 0.491. The minimum absolute atomic E-state index is 1.56. The van der Waals surface area contributed by atoms with E-state index in [1.54, 1.807) is 19.6 Å². The van der Waals surface area contributed by atoms with Crippen LogP contribution in [0.5, 0.6) is 0 Å². The zero-order valence-electron chi connectivity index (χ0n) is 2.12. The molecule has 0 aromatic rings. The van der Waals surface area contributed by atoms with Gasteiger partial charge in [-0.1, -0.05) is 0 Å². The zero-order chi connectivity index (χ0) is 4.12. The summed E-state index contributed by atoms with van der Waals surface area (Å²) >= 11 is 1.56. The summed E-state index contributed by atoms with van der Waals surface area (Å²) in [5, 5.41) is 2.43.